The van der Waals surface area contributed by atoms with E-state index in [1.54, 1.807) is 11.9 Å². The normalized spacial score (nSPS) is 10.1. The lowest BCUT2D eigenvalue weighted by Crippen LogP contribution is -2.31. The van der Waals surface area contributed by atoms with E-state index in [0.717, 1.165) is 15.7 Å². The van der Waals surface area contributed by atoms with Crippen molar-refractivity contribution >= 4 is 27.5 Å². The highest BCUT2D eigenvalue weighted by molar-refractivity contribution is 9.10. The lowest BCUT2D eigenvalue weighted by molar-refractivity contribution is -0.116. The molecule has 0 aliphatic carbocycles. The monoisotopic (exact) mass is 272 g/mol. The second-order valence-electron chi connectivity index (χ2n) is 3.25. The highest BCUT2D eigenvalue weighted by Gasteiger charge is 2.09. The van der Waals surface area contributed by atoms with Crippen LogP contribution in [0.5, 0.6) is 0 Å². The topological polar surface area (TPSA) is 66.6 Å². The number of benzene rings is 1. The molecule has 1 amide bonds. The molecule has 0 heterocycles. The molecule has 0 radical (unpaired) electrons. The van der Waals surface area contributed by atoms with E-state index < -0.39 is 5.91 Å². The second kappa shape index (κ2) is 5.14. The Morgan fingerprint density at radius 3 is 2.80 bits per heavy atom. The first-order valence-electron chi connectivity index (χ1n) is 4.43. The maximum absolute atomic E-state index is 10.8. The number of aliphatic hydroxyl groups is 1. The van der Waals surface area contributed by atoms with Crippen LogP contribution in [0, 0.1) is 0 Å². The number of primary amides is 1. The van der Waals surface area contributed by atoms with Crippen LogP contribution in [0.4, 0.5) is 5.69 Å². The number of carbonyl (C=O) groups is 1. The fourth-order valence-electron chi connectivity index (χ4n) is 1.37. The summed E-state index contributed by atoms with van der Waals surface area (Å²) in [7, 11) is 1.76. The smallest absolute Gasteiger partial charge is 0.236 e. The van der Waals surface area contributed by atoms with E-state index in [9.17, 15) is 4.79 Å². The summed E-state index contributed by atoms with van der Waals surface area (Å²) in [4.78, 5) is 12.5. The molecule has 0 unspecified atom stereocenters. The van der Waals surface area contributed by atoms with Crippen molar-refractivity contribution in [3.05, 3.63) is 28.2 Å². The van der Waals surface area contributed by atoms with Crippen LogP contribution in [0.1, 0.15) is 5.56 Å². The molecule has 0 saturated carbocycles. The first-order chi connectivity index (χ1) is 7.04. The third-order valence-electron chi connectivity index (χ3n) is 2.02. The number of carbonyl (C=O) groups excluding carboxylic acids is 1. The Bertz CT molecular complexity index is 368. The minimum atomic E-state index is -0.399. The number of anilines is 1. The van der Waals surface area contributed by atoms with Crippen molar-refractivity contribution in [1.82, 2.24) is 0 Å². The van der Waals surface area contributed by atoms with Crippen LogP contribution in [0.2, 0.25) is 0 Å². The highest BCUT2D eigenvalue weighted by atomic mass is 79.9. The molecule has 15 heavy (non-hydrogen) atoms. The molecular formula is C10H13BrN2O2. The molecule has 1 aromatic rings. The quantitative estimate of drug-likeness (QED) is 0.855. The summed E-state index contributed by atoms with van der Waals surface area (Å²) in [6.07, 6.45) is 0. The fraction of sp³-hybridized carbons (Fsp3) is 0.300. The highest BCUT2D eigenvalue weighted by Crippen LogP contribution is 2.23. The van der Waals surface area contributed by atoms with Crippen molar-refractivity contribution in [3.8, 4) is 0 Å². The first kappa shape index (κ1) is 12.0. The van der Waals surface area contributed by atoms with Crippen LogP contribution in [-0.2, 0) is 11.4 Å². The summed E-state index contributed by atoms with van der Waals surface area (Å²) in [5.41, 5.74) is 6.66. The average Bonchev–Trinajstić information content (AvgIpc) is 2.16. The molecule has 82 valence electrons. The number of aliphatic hydroxyl groups excluding tert-OH is 1. The van der Waals surface area contributed by atoms with Gasteiger partial charge in [0.1, 0.15) is 0 Å². The predicted molar refractivity (Wildman–Crippen MR) is 62.5 cm³/mol. The van der Waals surface area contributed by atoms with Gasteiger partial charge >= 0.3 is 0 Å². The van der Waals surface area contributed by atoms with Gasteiger partial charge in [-0.2, -0.15) is 0 Å². The zero-order valence-corrected chi connectivity index (χ0v) is 9.99. The standard InChI is InChI=1S/C10H13BrN2O2/c1-13(5-10(12)15)9-3-2-8(11)4-7(9)6-14/h2-4,14H,5-6H2,1H3,(H2,12,15). The molecule has 0 spiro atoms. The summed E-state index contributed by atoms with van der Waals surface area (Å²) in [5, 5.41) is 9.16. The molecule has 0 aliphatic rings. The van der Waals surface area contributed by atoms with E-state index >= 15 is 0 Å². The maximum Gasteiger partial charge on any atom is 0.236 e. The van der Waals surface area contributed by atoms with Gasteiger partial charge in [0, 0.05) is 22.8 Å². The van der Waals surface area contributed by atoms with Crippen molar-refractivity contribution in [2.45, 2.75) is 6.61 Å². The number of halogens is 1. The van der Waals surface area contributed by atoms with Gasteiger partial charge in [-0.3, -0.25) is 4.79 Å². The Morgan fingerprint density at radius 2 is 2.27 bits per heavy atom. The van der Waals surface area contributed by atoms with Crippen molar-refractivity contribution in [2.24, 2.45) is 5.73 Å². The van der Waals surface area contributed by atoms with Gasteiger partial charge in [0.2, 0.25) is 5.91 Å². The Kier molecular flexibility index (Phi) is 4.11. The number of amides is 1. The van der Waals surface area contributed by atoms with Gasteiger partial charge in [0.25, 0.3) is 0 Å². The van der Waals surface area contributed by atoms with Crippen LogP contribution >= 0.6 is 15.9 Å². The molecule has 0 fully saturated rings. The Hall–Kier alpha value is -1.07. The van der Waals surface area contributed by atoms with Crippen LogP contribution < -0.4 is 10.6 Å². The van der Waals surface area contributed by atoms with E-state index in [4.69, 9.17) is 10.8 Å². The summed E-state index contributed by atoms with van der Waals surface area (Å²) in [6, 6.07) is 5.50. The maximum atomic E-state index is 10.8. The number of nitrogens with two attached hydrogens (primary N) is 1. The van der Waals surface area contributed by atoms with Gasteiger partial charge in [-0.15, -0.1) is 0 Å². The van der Waals surface area contributed by atoms with Crippen LogP contribution in [0.15, 0.2) is 22.7 Å². The first-order valence-corrected chi connectivity index (χ1v) is 5.22. The Balaban J connectivity index is 2.97. The molecule has 1 aromatic carbocycles. The number of likely N-dealkylation sites (N-methyl/N-ethyl adjacent to an activating group) is 1. The molecule has 0 aliphatic heterocycles. The molecule has 0 saturated heterocycles. The minimum Gasteiger partial charge on any atom is -0.392 e. The molecule has 1 rings (SSSR count). The second-order valence-corrected chi connectivity index (χ2v) is 4.17. The lowest BCUT2D eigenvalue weighted by Gasteiger charge is -2.20. The van der Waals surface area contributed by atoms with Crippen molar-refractivity contribution < 1.29 is 9.90 Å². The van der Waals surface area contributed by atoms with E-state index in [2.05, 4.69) is 15.9 Å². The van der Waals surface area contributed by atoms with Gasteiger partial charge < -0.3 is 15.7 Å². The lowest BCUT2D eigenvalue weighted by atomic mass is 10.1. The van der Waals surface area contributed by atoms with Gasteiger partial charge in [0.15, 0.2) is 0 Å². The fourth-order valence-corrected chi connectivity index (χ4v) is 1.78. The largest absolute Gasteiger partial charge is 0.392 e. The summed E-state index contributed by atoms with van der Waals surface area (Å²) in [5.74, 6) is -0.399. The average molecular weight is 273 g/mol. The van der Waals surface area contributed by atoms with E-state index in [1.165, 1.54) is 0 Å². The van der Waals surface area contributed by atoms with Gasteiger partial charge in [-0.25, -0.2) is 0 Å². The van der Waals surface area contributed by atoms with Gasteiger partial charge in [-0.05, 0) is 18.2 Å². The Morgan fingerprint density at radius 1 is 1.60 bits per heavy atom. The van der Waals surface area contributed by atoms with Crippen molar-refractivity contribution in [2.75, 3.05) is 18.5 Å². The third-order valence-corrected chi connectivity index (χ3v) is 2.51. The molecule has 0 aromatic heterocycles. The predicted octanol–water partition coefficient (Wildman–Crippen LogP) is 0.863. The zero-order chi connectivity index (χ0) is 11.4. The van der Waals surface area contributed by atoms with Crippen molar-refractivity contribution in [3.63, 3.8) is 0 Å². The summed E-state index contributed by atoms with van der Waals surface area (Å²) in [6.45, 7) is 0.0620. The SMILES string of the molecule is CN(CC(N)=O)c1ccc(Br)cc1CO. The molecule has 3 N–H and O–H groups in total. The summed E-state index contributed by atoms with van der Waals surface area (Å²) < 4.78 is 0.891. The van der Waals surface area contributed by atoms with E-state index in [1.807, 2.05) is 18.2 Å². The molecular weight excluding hydrogens is 260 g/mol. The van der Waals surface area contributed by atoms with Crippen LogP contribution in [0.25, 0.3) is 0 Å². The Labute approximate surface area is 96.8 Å². The van der Waals surface area contributed by atoms with Crippen LogP contribution in [-0.4, -0.2) is 24.6 Å². The van der Waals surface area contributed by atoms with E-state index in [0.29, 0.717) is 0 Å². The number of nitrogens with zero attached hydrogens (tertiary/aromatic N) is 1. The van der Waals surface area contributed by atoms with Crippen LogP contribution in [0.3, 0.4) is 0 Å². The minimum absolute atomic E-state index is 0.0716. The molecule has 5 heteroatoms. The number of rotatable bonds is 4. The molecule has 4 nitrogen and oxygen atoms in total. The van der Waals surface area contributed by atoms with Crippen molar-refractivity contribution in [1.29, 1.82) is 0 Å². The molecule has 0 atom stereocenters. The number of hydrogen-bond acceptors (Lipinski definition) is 3. The number of hydrogen-bond donors (Lipinski definition) is 2. The molecule has 0 bridgehead atoms. The zero-order valence-electron chi connectivity index (χ0n) is 8.40. The summed E-state index contributed by atoms with van der Waals surface area (Å²) >= 11 is 3.32. The van der Waals surface area contributed by atoms with Gasteiger partial charge in [-0.1, -0.05) is 15.9 Å². The third kappa shape index (κ3) is 3.21. The van der Waals surface area contributed by atoms with E-state index in [-0.39, 0.29) is 13.2 Å². The van der Waals surface area contributed by atoms with Gasteiger partial charge in [0.05, 0.1) is 13.2 Å².